The lowest BCUT2D eigenvalue weighted by molar-refractivity contribution is -0.143. The standard InChI is InChI=1S/C12H17F3N4O2/c1-4-16-11-18-8(12(13,14)15)6-9(19-11)17-7(3)10(20)21-5-2/h6-7H,4-5H2,1-3H3,(H2,16,17,18,19). The van der Waals surface area contributed by atoms with Crippen molar-refractivity contribution < 1.29 is 22.7 Å². The molecule has 6 nitrogen and oxygen atoms in total. The van der Waals surface area contributed by atoms with E-state index in [1.807, 2.05) is 0 Å². The molecule has 0 aromatic carbocycles. The van der Waals surface area contributed by atoms with E-state index in [0.717, 1.165) is 6.07 Å². The van der Waals surface area contributed by atoms with Crippen LogP contribution in [0.4, 0.5) is 24.9 Å². The van der Waals surface area contributed by atoms with Crippen LogP contribution in [-0.4, -0.2) is 35.1 Å². The maximum absolute atomic E-state index is 12.8. The molecule has 1 aromatic heterocycles. The van der Waals surface area contributed by atoms with E-state index in [-0.39, 0.29) is 18.4 Å². The smallest absolute Gasteiger partial charge is 0.433 e. The van der Waals surface area contributed by atoms with E-state index in [1.54, 1.807) is 13.8 Å². The van der Waals surface area contributed by atoms with E-state index < -0.39 is 23.9 Å². The van der Waals surface area contributed by atoms with Crippen LogP contribution in [0.2, 0.25) is 0 Å². The summed E-state index contributed by atoms with van der Waals surface area (Å²) in [6, 6.07) is -0.0771. The quantitative estimate of drug-likeness (QED) is 0.785. The Labute approximate surface area is 120 Å². The molecule has 0 aliphatic carbocycles. The number of esters is 1. The van der Waals surface area contributed by atoms with Crippen molar-refractivity contribution in [1.82, 2.24) is 9.97 Å². The number of hydrogen-bond donors (Lipinski definition) is 2. The van der Waals surface area contributed by atoms with Crippen molar-refractivity contribution in [2.75, 3.05) is 23.8 Å². The Morgan fingerprint density at radius 1 is 1.38 bits per heavy atom. The predicted molar refractivity (Wildman–Crippen MR) is 70.9 cm³/mol. The fourth-order valence-corrected chi connectivity index (χ4v) is 1.45. The number of carbonyl (C=O) groups excluding carboxylic acids is 1. The van der Waals surface area contributed by atoms with Gasteiger partial charge in [0, 0.05) is 12.6 Å². The molecule has 0 aliphatic rings. The van der Waals surface area contributed by atoms with Gasteiger partial charge in [-0.15, -0.1) is 0 Å². The zero-order valence-electron chi connectivity index (χ0n) is 11.9. The largest absolute Gasteiger partial charge is 0.464 e. The van der Waals surface area contributed by atoms with Gasteiger partial charge < -0.3 is 15.4 Å². The molecule has 1 heterocycles. The number of anilines is 2. The molecule has 9 heteroatoms. The third kappa shape index (κ3) is 5.09. The average molecular weight is 306 g/mol. The van der Waals surface area contributed by atoms with Crippen molar-refractivity contribution in [3.8, 4) is 0 Å². The van der Waals surface area contributed by atoms with Gasteiger partial charge in [-0.1, -0.05) is 0 Å². The number of alkyl halides is 3. The minimum atomic E-state index is -4.60. The molecule has 1 atom stereocenters. The molecule has 0 amide bonds. The molecule has 0 spiro atoms. The van der Waals surface area contributed by atoms with Gasteiger partial charge in [-0.25, -0.2) is 9.78 Å². The normalized spacial score (nSPS) is 12.7. The molecule has 0 saturated carbocycles. The molecule has 0 aliphatic heterocycles. The number of carbonyl (C=O) groups is 1. The molecular formula is C12H17F3N4O2. The summed E-state index contributed by atoms with van der Waals surface area (Å²) in [7, 11) is 0. The number of ether oxygens (including phenoxy) is 1. The first-order valence-electron chi connectivity index (χ1n) is 6.41. The van der Waals surface area contributed by atoms with Crippen LogP contribution in [0.3, 0.4) is 0 Å². The van der Waals surface area contributed by atoms with Crippen LogP contribution < -0.4 is 10.6 Å². The van der Waals surface area contributed by atoms with Crippen molar-refractivity contribution in [1.29, 1.82) is 0 Å². The minimum Gasteiger partial charge on any atom is -0.464 e. The maximum atomic E-state index is 12.8. The minimum absolute atomic E-state index is 0.103. The van der Waals surface area contributed by atoms with E-state index in [2.05, 4.69) is 20.6 Å². The molecule has 1 aromatic rings. The Hall–Kier alpha value is -2.06. The van der Waals surface area contributed by atoms with E-state index in [0.29, 0.717) is 6.54 Å². The molecule has 0 bridgehead atoms. The lowest BCUT2D eigenvalue weighted by Gasteiger charge is -2.15. The van der Waals surface area contributed by atoms with Gasteiger partial charge in [-0.05, 0) is 20.8 Å². The molecule has 1 unspecified atom stereocenters. The number of hydrogen-bond acceptors (Lipinski definition) is 6. The first-order chi connectivity index (χ1) is 9.77. The summed E-state index contributed by atoms with van der Waals surface area (Å²) in [5, 5.41) is 5.18. The van der Waals surface area contributed by atoms with E-state index in [9.17, 15) is 18.0 Å². The van der Waals surface area contributed by atoms with Gasteiger partial charge in [0.1, 0.15) is 11.9 Å². The number of halogens is 3. The van der Waals surface area contributed by atoms with Crippen LogP contribution in [0, 0.1) is 0 Å². The van der Waals surface area contributed by atoms with Gasteiger partial charge in [-0.2, -0.15) is 18.2 Å². The summed E-state index contributed by atoms with van der Waals surface area (Å²) in [5.74, 6) is -0.839. The molecule has 0 saturated heterocycles. The van der Waals surface area contributed by atoms with Crippen LogP contribution in [-0.2, 0) is 15.7 Å². The highest BCUT2D eigenvalue weighted by molar-refractivity contribution is 5.78. The number of nitrogens with one attached hydrogen (secondary N) is 2. The third-order valence-electron chi connectivity index (χ3n) is 2.36. The highest BCUT2D eigenvalue weighted by Crippen LogP contribution is 2.29. The van der Waals surface area contributed by atoms with Crippen molar-refractivity contribution in [3.05, 3.63) is 11.8 Å². The lowest BCUT2D eigenvalue weighted by Crippen LogP contribution is -2.29. The van der Waals surface area contributed by atoms with Crippen LogP contribution >= 0.6 is 0 Å². The number of nitrogens with zero attached hydrogens (tertiary/aromatic N) is 2. The summed E-state index contributed by atoms with van der Waals surface area (Å²) in [4.78, 5) is 18.7. The first kappa shape index (κ1) is 17.0. The van der Waals surface area contributed by atoms with Gasteiger partial charge in [0.25, 0.3) is 0 Å². The summed E-state index contributed by atoms with van der Waals surface area (Å²) < 4.78 is 43.1. The third-order valence-corrected chi connectivity index (χ3v) is 2.36. The van der Waals surface area contributed by atoms with E-state index in [4.69, 9.17) is 4.74 Å². The van der Waals surface area contributed by atoms with Gasteiger partial charge in [0.2, 0.25) is 5.95 Å². The van der Waals surface area contributed by atoms with Crippen LogP contribution in [0.25, 0.3) is 0 Å². The average Bonchev–Trinajstić information content (AvgIpc) is 2.38. The van der Waals surface area contributed by atoms with Crippen molar-refractivity contribution in [2.24, 2.45) is 0 Å². The molecule has 1 rings (SSSR count). The van der Waals surface area contributed by atoms with Crippen LogP contribution in [0.5, 0.6) is 0 Å². The second-order valence-corrected chi connectivity index (χ2v) is 4.11. The zero-order valence-corrected chi connectivity index (χ0v) is 11.9. The van der Waals surface area contributed by atoms with Crippen LogP contribution in [0.15, 0.2) is 6.07 Å². The topological polar surface area (TPSA) is 76.1 Å². The molecule has 0 radical (unpaired) electrons. The Morgan fingerprint density at radius 2 is 2.05 bits per heavy atom. The Bertz CT molecular complexity index is 494. The SMILES string of the molecule is CCNc1nc(NC(C)C(=O)OCC)cc(C(F)(F)F)n1. The van der Waals surface area contributed by atoms with E-state index in [1.165, 1.54) is 6.92 Å². The number of rotatable bonds is 6. The summed E-state index contributed by atoms with van der Waals surface area (Å²) in [6.45, 7) is 5.37. The highest BCUT2D eigenvalue weighted by Gasteiger charge is 2.34. The summed E-state index contributed by atoms with van der Waals surface area (Å²) >= 11 is 0. The van der Waals surface area contributed by atoms with Gasteiger partial charge >= 0.3 is 12.1 Å². The Balaban J connectivity index is 3.00. The van der Waals surface area contributed by atoms with Gasteiger partial charge in [-0.3, -0.25) is 0 Å². The molecule has 21 heavy (non-hydrogen) atoms. The van der Waals surface area contributed by atoms with Crippen molar-refractivity contribution >= 4 is 17.7 Å². The Kier molecular flexibility index (Phi) is 5.74. The Morgan fingerprint density at radius 3 is 2.57 bits per heavy atom. The fourth-order valence-electron chi connectivity index (χ4n) is 1.45. The summed E-state index contributed by atoms with van der Waals surface area (Å²) in [5.41, 5.74) is -1.09. The van der Waals surface area contributed by atoms with Gasteiger partial charge in [0.15, 0.2) is 5.69 Å². The zero-order chi connectivity index (χ0) is 16.0. The first-order valence-corrected chi connectivity index (χ1v) is 6.41. The van der Waals surface area contributed by atoms with Crippen molar-refractivity contribution in [3.63, 3.8) is 0 Å². The predicted octanol–water partition coefficient (Wildman–Crippen LogP) is 2.29. The molecule has 0 fully saturated rings. The maximum Gasteiger partial charge on any atom is 0.433 e. The molecule has 2 N–H and O–H groups in total. The van der Waals surface area contributed by atoms with Gasteiger partial charge in [0.05, 0.1) is 6.61 Å². The second-order valence-electron chi connectivity index (χ2n) is 4.11. The summed E-state index contributed by atoms with van der Waals surface area (Å²) in [6.07, 6.45) is -4.60. The molecular weight excluding hydrogens is 289 g/mol. The molecule has 118 valence electrons. The van der Waals surface area contributed by atoms with E-state index >= 15 is 0 Å². The lowest BCUT2D eigenvalue weighted by atomic mass is 10.3. The highest BCUT2D eigenvalue weighted by atomic mass is 19.4. The fraction of sp³-hybridized carbons (Fsp3) is 0.583. The monoisotopic (exact) mass is 306 g/mol. The number of aromatic nitrogens is 2. The van der Waals surface area contributed by atoms with Crippen molar-refractivity contribution in [2.45, 2.75) is 33.0 Å². The van der Waals surface area contributed by atoms with Crippen LogP contribution in [0.1, 0.15) is 26.5 Å². The second kappa shape index (κ2) is 7.09.